The lowest BCUT2D eigenvalue weighted by atomic mass is 9.98. The molecule has 146 valence electrons. The average Bonchev–Trinajstić information content (AvgIpc) is 3.37. The molecule has 28 heavy (non-hydrogen) atoms. The van der Waals surface area contributed by atoms with Gasteiger partial charge in [-0.15, -0.1) is 0 Å². The number of nitrogens with zero attached hydrogens (tertiary/aromatic N) is 1. The number of Topliss-reactive ketones (excluding diaryl/α,β-unsaturated/α-hetero) is 1. The summed E-state index contributed by atoms with van der Waals surface area (Å²) in [5, 5.41) is 3.45. The Labute approximate surface area is 161 Å². The molecule has 1 aliphatic carbocycles. The van der Waals surface area contributed by atoms with Gasteiger partial charge in [-0.3, -0.25) is 19.3 Å². The van der Waals surface area contributed by atoms with Gasteiger partial charge in [0.15, 0.2) is 6.10 Å². The summed E-state index contributed by atoms with van der Waals surface area (Å²) in [4.78, 5) is 53.6. The highest BCUT2D eigenvalue weighted by molar-refractivity contribution is 6.11. The molecule has 1 saturated heterocycles. The average molecular weight is 383 g/mol. The van der Waals surface area contributed by atoms with Gasteiger partial charge in [0, 0.05) is 22.7 Å². The van der Waals surface area contributed by atoms with Gasteiger partial charge in [0.05, 0.1) is 0 Å². The van der Waals surface area contributed by atoms with Crippen LogP contribution in [-0.2, 0) is 14.3 Å². The highest BCUT2D eigenvalue weighted by Crippen LogP contribution is 2.35. The minimum Gasteiger partial charge on any atom is -0.453 e. The number of benzene rings is 1. The number of rotatable bonds is 5. The van der Waals surface area contributed by atoms with Gasteiger partial charge >= 0.3 is 12.0 Å². The second kappa shape index (κ2) is 6.78. The Morgan fingerprint density at radius 2 is 1.93 bits per heavy atom. The molecule has 3 amide bonds. The van der Waals surface area contributed by atoms with Crippen LogP contribution in [0.25, 0.3) is 10.9 Å². The number of esters is 1. The number of H-pyrrole nitrogens is 1. The van der Waals surface area contributed by atoms with Gasteiger partial charge in [-0.2, -0.15) is 0 Å². The molecule has 2 heterocycles. The van der Waals surface area contributed by atoms with Crippen molar-refractivity contribution in [2.24, 2.45) is 0 Å². The molecule has 2 aliphatic rings. The lowest BCUT2D eigenvalue weighted by Gasteiger charge is -2.20. The first-order chi connectivity index (χ1) is 13.4. The van der Waals surface area contributed by atoms with Gasteiger partial charge in [0.1, 0.15) is 12.1 Å². The summed E-state index contributed by atoms with van der Waals surface area (Å²) in [7, 11) is 0. The van der Waals surface area contributed by atoms with Crippen LogP contribution in [0, 0.1) is 0 Å². The maximum absolute atomic E-state index is 12.7. The van der Waals surface area contributed by atoms with E-state index < -0.39 is 30.2 Å². The lowest BCUT2D eigenvalue weighted by Crippen LogP contribution is -2.44. The number of carbonyl (C=O) groups is 4. The number of hydrogen-bond acceptors (Lipinski definition) is 5. The number of nitrogens with one attached hydrogen (secondary N) is 2. The lowest BCUT2D eigenvalue weighted by molar-refractivity contribution is -0.149. The molecule has 4 rings (SSSR count). The number of para-hydroxylation sites is 1. The van der Waals surface area contributed by atoms with Crippen LogP contribution >= 0.6 is 0 Å². The van der Waals surface area contributed by atoms with E-state index in [1.54, 1.807) is 6.20 Å². The maximum Gasteiger partial charge on any atom is 0.326 e. The number of ketones is 1. The van der Waals surface area contributed by atoms with E-state index in [1.807, 2.05) is 24.3 Å². The van der Waals surface area contributed by atoms with E-state index in [4.69, 9.17) is 4.74 Å². The van der Waals surface area contributed by atoms with Gasteiger partial charge in [-0.25, -0.2) is 4.79 Å². The van der Waals surface area contributed by atoms with Gasteiger partial charge in [-0.1, -0.05) is 31.0 Å². The van der Waals surface area contributed by atoms with Crippen molar-refractivity contribution in [3.8, 4) is 0 Å². The number of urea groups is 1. The third-order valence-corrected chi connectivity index (χ3v) is 5.52. The van der Waals surface area contributed by atoms with E-state index in [0.717, 1.165) is 28.6 Å². The van der Waals surface area contributed by atoms with E-state index in [-0.39, 0.29) is 11.7 Å². The third-order valence-electron chi connectivity index (χ3n) is 5.52. The van der Waals surface area contributed by atoms with Crippen LogP contribution in [0.1, 0.15) is 43.0 Å². The highest BCUT2D eigenvalue weighted by atomic mass is 16.5. The Hall–Kier alpha value is -3.16. The molecule has 8 nitrogen and oxygen atoms in total. The van der Waals surface area contributed by atoms with Gasteiger partial charge in [-0.05, 0) is 25.8 Å². The Balaban J connectivity index is 1.41. The summed E-state index contributed by atoms with van der Waals surface area (Å²) < 4.78 is 5.22. The van der Waals surface area contributed by atoms with Gasteiger partial charge < -0.3 is 15.0 Å². The smallest absolute Gasteiger partial charge is 0.326 e. The molecular weight excluding hydrogens is 362 g/mol. The second-order valence-corrected chi connectivity index (χ2v) is 7.35. The monoisotopic (exact) mass is 383 g/mol. The summed E-state index contributed by atoms with van der Waals surface area (Å²) in [6, 6.07) is 6.74. The van der Waals surface area contributed by atoms with Crippen LogP contribution in [0.3, 0.4) is 0 Å². The Bertz CT molecular complexity index is 973. The van der Waals surface area contributed by atoms with E-state index in [9.17, 15) is 19.2 Å². The Kier molecular flexibility index (Phi) is 4.41. The van der Waals surface area contributed by atoms with Crippen molar-refractivity contribution in [1.82, 2.24) is 15.2 Å². The van der Waals surface area contributed by atoms with Crippen molar-refractivity contribution >= 4 is 34.6 Å². The predicted molar refractivity (Wildman–Crippen MR) is 99.6 cm³/mol. The summed E-state index contributed by atoms with van der Waals surface area (Å²) in [6.07, 6.45) is 3.43. The maximum atomic E-state index is 12.7. The molecule has 2 fully saturated rings. The fraction of sp³-hybridized carbons (Fsp3) is 0.400. The zero-order valence-corrected chi connectivity index (χ0v) is 15.5. The second-order valence-electron chi connectivity index (χ2n) is 7.35. The first-order valence-corrected chi connectivity index (χ1v) is 9.35. The van der Waals surface area contributed by atoms with Gasteiger partial charge in [0.25, 0.3) is 5.91 Å². The molecular formula is C20H21N3O5. The highest BCUT2D eigenvalue weighted by Gasteiger charge is 2.52. The number of imide groups is 1. The number of aromatic nitrogens is 1. The van der Waals surface area contributed by atoms with E-state index in [0.29, 0.717) is 18.4 Å². The molecule has 2 N–H and O–H groups in total. The van der Waals surface area contributed by atoms with Crippen LogP contribution in [0.2, 0.25) is 0 Å². The molecule has 0 radical (unpaired) electrons. The summed E-state index contributed by atoms with van der Waals surface area (Å²) >= 11 is 0. The molecule has 1 aromatic carbocycles. The van der Waals surface area contributed by atoms with Crippen LogP contribution in [-0.4, -0.2) is 51.8 Å². The molecule has 1 aromatic heterocycles. The SMILES string of the molecule is C[C@H](OC(=O)CN1C(=O)NC2(CCCC2)C1=O)C(=O)c1c[nH]c2ccccc12. The van der Waals surface area contributed by atoms with Crippen LogP contribution in [0.15, 0.2) is 30.5 Å². The third kappa shape index (κ3) is 2.94. The molecule has 1 aliphatic heterocycles. The molecule has 8 heteroatoms. The number of ether oxygens (including phenoxy) is 1. The normalized spacial score (nSPS) is 19.2. The summed E-state index contributed by atoms with van der Waals surface area (Å²) in [5.41, 5.74) is 0.365. The van der Waals surface area contributed by atoms with Crippen molar-refractivity contribution in [1.29, 1.82) is 0 Å². The number of amides is 3. The Morgan fingerprint density at radius 1 is 1.21 bits per heavy atom. The van der Waals surface area contributed by atoms with Gasteiger partial charge in [0.2, 0.25) is 5.78 Å². The van der Waals surface area contributed by atoms with Crippen molar-refractivity contribution in [3.63, 3.8) is 0 Å². The predicted octanol–water partition coefficient (Wildman–Crippen LogP) is 2.15. The molecule has 1 atom stereocenters. The zero-order valence-electron chi connectivity index (χ0n) is 15.5. The molecule has 0 unspecified atom stereocenters. The van der Waals surface area contributed by atoms with E-state index in [2.05, 4.69) is 10.3 Å². The fourth-order valence-corrected chi connectivity index (χ4v) is 4.05. The largest absolute Gasteiger partial charge is 0.453 e. The minimum absolute atomic E-state index is 0.352. The quantitative estimate of drug-likeness (QED) is 0.467. The molecule has 1 saturated carbocycles. The molecule has 1 spiro atoms. The van der Waals surface area contributed by atoms with Crippen molar-refractivity contribution in [2.75, 3.05) is 6.54 Å². The number of fused-ring (bicyclic) bond motifs is 1. The standard InChI is InChI=1S/C20H21N3O5/c1-12(17(25)14-10-21-15-7-3-2-6-13(14)15)28-16(24)11-23-18(26)20(22-19(23)27)8-4-5-9-20/h2-3,6-7,10,12,21H,4-5,8-9,11H2,1H3,(H,22,27)/t12-/m0/s1. The molecule has 2 aromatic rings. The van der Waals surface area contributed by atoms with E-state index in [1.165, 1.54) is 6.92 Å². The van der Waals surface area contributed by atoms with Crippen LogP contribution < -0.4 is 5.32 Å². The van der Waals surface area contributed by atoms with Crippen LogP contribution in [0.5, 0.6) is 0 Å². The minimum atomic E-state index is -1.03. The first-order valence-electron chi connectivity index (χ1n) is 9.35. The zero-order chi connectivity index (χ0) is 19.9. The first kappa shape index (κ1) is 18.2. The van der Waals surface area contributed by atoms with Crippen LogP contribution in [0.4, 0.5) is 4.79 Å². The Morgan fingerprint density at radius 3 is 2.68 bits per heavy atom. The number of hydrogen-bond donors (Lipinski definition) is 2. The number of aromatic amines is 1. The van der Waals surface area contributed by atoms with Crippen molar-refractivity contribution < 1.29 is 23.9 Å². The van der Waals surface area contributed by atoms with Crippen molar-refractivity contribution in [2.45, 2.75) is 44.2 Å². The topological polar surface area (TPSA) is 109 Å². The fourth-order valence-electron chi connectivity index (χ4n) is 4.05. The molecule has 0 bridgehead atoms. The summed E-state index contributed by atoms with van der Waals surface area (Å²) in [6.45, 7) is 0.976. The summed E-state index contributed by atoms with van der Waals surface area (Å²) in [5.74, 6) is -1.53. The number of carbonyl (C=O) groups excluding carboxylic acids is 4. The van der Waals surface area contributed by atoms with Crippen molar-refractivity contribution in [3.05, 3.63) is 36.0 Å². The van der Waals surface area contributed by atoms with E-state index >= 15 is 0 Å².